The molecular formula is C26H22BrClN2O3. The van der Waals surface area contributed by atoms with Crippen molar-refractivity contribution in [2.45, 2.75) is 32.6 Å². The largest absolute Gasteiger partial charge is 0.308 e. The minimum absolute atomic E-state index is 0.00432. The van der Waals surface area contributed by atoms with Gasteiger partial charge in [0, 0.05) is 45.8 Å². The van der Waals surface area contributed by atoms with Crippen LogP contribution in [0, 0.1) is 5.41 Å². The molecule has 0 bridgehead atoms. The van der Waals surface area contributed by atoms with Crippen molar-refractivity contribution in [1.29, 1.82) is 0 Å². The SMILES string of the molecule is CN1C(=O)C2=C(C1=O)N(c1ccc(Br)cc1)C1=C(C(=O)CC(C)(C)C1)C2c1ccc(Cl)cc1. The van der Waals surface area contributed by atoms with Crippen LogP contribution in [-0.2, 0) is 14.4 Å². The summed E-state index contributed by atoms with van der Waals surface area (Å²) in [4.78, 5) is 43.4. The number of hydrogen-bond donors (Lipinski definition) is 0. The fraction of sp³-hybridized carbons (Fsp3) is 0.269. The van der Waals surface area contributed by atoms with E-state index in [-0.39, 0.29) is 23.0 Å². The van der Waals surface area contributed by atoms with Gasteiger partial charge in [0.15, 0.2) is 5.78 Å². The highest BCUT2D eigenvalue weighted by Crippen LogP contribution is 2.53. The summed E-state index contributed by atoms with van der Waals surface area (Å²) in [6.45, 7) is 4.12. The predicted octanol–water partition coefficient (Wildman–Crippen LogP) is 5.60. The van der Waals surface area contributed by atoms with E-state index in [1.165, 1.54) is 7.05 Å². The van der Waals surface area contributed by atoms with Crippen molar-refractivity contribution in [3.05, 3.63) is 86.1 Å². The van der Waals surface area contributed by atoms with Gasteiger partial charge in [-0.2, -0.15) is 0 Å². The quantitative estimate of drug-likeness (QED) is 0.479. The third-order valence-electron chi connectivity index (χ3n) is 6.55. The van der Waals surface area contributed by atoms with Crippen molar-refractivity contribution < 1.29 is 14.4 Å². The van der Waals surface area contributed by atoms with Crippen molar-refractivity contribution in [2.75, 3.05) is 11.9 Å². The highest BCUT2D eigenvalue weighted by atomic mass is 79.9. The average Bonchev–Trinajstić information content (AvgIpc) is 2.97. The Kier molecular flexibility index (Phi) is 5.14. The Morgan fingerprint density at radius 2 is 1.55 bits per heavy atom. The van der Waals surface area contributed by atoms with E-state index >= 15 is 0 Å². The fourth-order valence-electron chi connectivity index (χ4n) is 5.10. The molecule has 2 aromatic rings. The van der Waals surface area contributed by atoms with Crippen molar-refractivity contribution in [2.24, 2.45) is 5.41 Å². The molecule has 5 rings (SSSR count). The second-order valence-corrected chi connectivity index (χ2v) is 10.9. The first kappa shape index (κ1) is 22.1. The molecule has 0 saturated heterocycles. The number of likely N-dealkylation sites (N-methyl/N-ethyl adjacent to an activating group) is 1. The maximum atomic E-state index is 13.6. The highest BCUT2D eigenvalue weighted by Gasteiger charge is 2.52. The lowest BCUT2D eigenvalue weighted by Gasteiger charge is -2.43. The van der Waals surface area contributed by atoms with Crippen LogP contribution >= 0.6 is 27.5 Å². The van der Waals surface area contributed by atoms with Crippen LogP contribution in [0.3, 0.4) is 0 Å². The second kappa shape index (κ2) is 7.67. The third-order valence-corrected chi connectivity index (χ3v) is 7.33. The third kappa shape index (κ3) is 3.47. The van der Waals surface area contributed by atoms with E-state index in [0.717, 1.165) is 26.3 Å². The molecule has 0 spiro atoms. The number of imide groups is 1. The van der Waals surface area contributed by atoms with Gasteiger partial charge in [-0.25, -0.2) is 0 Å². The molecule has 2 amide bonds. The summed E-state index contributed by atoms with van der Waals surface area (Å²) in [6.07, 6.45) is 0.987. The van der Waals surface area contributed by atoms with Crippen LogP contribution in [0.4, 0.5) is 5.69 Å². The van der Waals surface area contributed by atoms with E-state index in [1.54, 1.807) is 12.1 Å². The average molecular weight is 526 g/mol. The van der Waals surface area contributed by atoms with Crippen LogP contribution in [0.15, 0.2) is 75.5 Å². The summed E-state index contributed by atoms with van der Waals surface area (Å²) in [6, 6.07) is 14.7. The maximum Gasteiger partial charge on any atom is 0.277 e. The minimum Gasteiger partial charge on any atom is -0.308 e. The van der Waals surface area contributed by atoms with Crippen LogP contribution in [0.2, 0.25) is 5.02 Å². The number of rotatable bonds is 2. The number of carbonyl (C=O) groups is 3. The van der Waals surface area contributed by atoms with Crippen LogP contribution in [0.1, 0.15) is 38.2 Å². The Morgan fingerprint density at radius 3 is 2.18 bits per heavy atom. The molecule has 0 N–H and O–H groups in total. The van der Waals surface area contributed by atoms with Gasteiger partial charge in [0.05, 0.1) is 5.57 Å². The molecule has 0 fully saturated rings. The topological polar surface area (TPSA) is 57.7 Å². The molecule has 3 aliphatic rings. The minimum atomic E-state index is -0.607. The molecular weight excluding hydrogens is 504 g/mol. The molecule has 1 atom stereocenters. The summed E-state index contributed by atoms with van der Waals surface area (Å²) in [5.41, 5.74) is 3.30. The standard InChI is InChI=1S/C26H22BrClN2O3/c1-26(2)12-18-21(19(31)13-26)20(14-4-8-16(28)9-5-14)22-23(25(33)29(3)24(22)32)30(18)17-10-6-15(27)7-11-17/h4-11,20H,12-13H2,1-3H3. The monoisotopic (exact) mass is 524 g/mol. The number of halogens is 2. The van der Waals surface area contributed by atoms with E-state index in [4.69, 9.17) is 11.6 Å². The maximum absolute atomic E-state index is 13.6. The van der Waals surface area contributed by atoms with Gasteiger partial charge >= 0.3 is 0 Å². The highest BCUT2D eigenvalue weighted by molar-refractivity contribution is 9.10. The molecule has 0 aromatic heterocycles. The van der Waals surface area contributed by atoms with Crippen molar-refractivity contribution in [1.82, 2.24) is 4.90 Å². The zero-order valence-corrected chi connectivity index (χ0v) is 20.8. The zero-order valence-electron chi connectivity index (χ0n) is 18.5. The van der Waals surface area contributed by atoms with E-state index < -0.39 is 5.92 Å². The van der Waals surface area contributed by atoms with Gasteiger partial charge in [0.25, 0.3) is 11.8 Å². The van der Waals surface area contributed by atoms with Crippen LogP contribution in [-0.4, -0.2) is 29.5 Å². The van der Waals surface area contributed by atoms with Gasteiger partial charge in [-0.15, -0.1) is 0 Å². The van der Waals surface area contributed by atoms with E-state index in [0.29, 0.717) is 34.7 Å². The molecule has 2 aromatic carbocycles. The molecule has 1 aliphatic carbocycles. The molecule has 2 aliphatic heterocycles. The summed E-state index contributed by atoms with van der Waals surface area (Å²) < 4.78 is 0.900. The molecule has 2 heterocycles. The number of ketones is 1. The molecule has 5 nitrogen and oxygen atoms in total. The van der Waals surface area contributed by atoms with Crippen LogP contribution in [0.5, 0.6) is 0 Å². The normalized spacial score (nSPS) is 22.2. The number of Topliss-reactive ketones (excluding diaryl/α,β-unsaturated/α-hetero) is 1. The molecule has 7 heteroatoms. The Labute approximate surface area is 205 Å². The summed E-state index contributed by atoms with van der Waals surface area (Å²) in [5, 5.41) is 0.566. The van der Waals surface area contributed by atoms with Crippen LogP contribution in [0.25, 0.3) is 0 Å². The van der Waals surface area contributed by atoms with Gasteiger partial charge < -0.3 is 4.90 Å². The number of nitrogens with zero attached hydrogens (tertiary/aromatic N) is 2. The van der Waals surface area contributed by atoms with Gasteiger partial charge in [-0.1, -0.05) is 53.5 Å². The van der Waals surface area contributed by atoms with E-state index in [9.17, 15) is 14.4 Å². The zero-order chi connectivity index (χ0) is 23.7. The summed E-state index contributed by atoms with van der Waals surface area (Å²) in [5.74, 6) is -1.34. The summed E-state index contributed by atoms with van der Waals surface area (Å²) in [7, 11) is 1.49. The molecule has 33 heavy (non-hydrogen) atoms. The number of anilines is 1. The van der Waals surface area contributed by atoms with Gasteiger partial charge in [0.2, 0.25) is 0 Å². The number of carbonyl (C=O) groups excluding carboxylic acids is 3. The lowest BCUT2D eigenvalue weighted by atomic mass is 9.68. The predicted molar refractivity (Wildman–Crippen MR) is 131 cm³/mol. The van der Waals surface area contributed by atoms with Gasteiger partial charge in [0.1, 0.15) is 5.70 Å². The second-order valence-electron chi connectivity index (χ2n) is 9.53. The van der Waals surface area contributed by atoms with Gasteiger partial charge in [-0.3, -0.25) is 19.3 Å². The van der Waals surface area contributed by atoms with Crippen molar-refractivity contribution in [3.8, 4) is 0 Å². The molecule has 168 valence electrons. The Hall–Kier alpha value is -2.70. The van der Waals surface area contributed by atoms with Crippen molar-refractivity contribution >= 4 is 50.8 Å². The van der Waals surface area contributed by atoms with Crippen LogP contribution < -0.4 is 4.90 Å². The van der Waals surface area contributed by atoms with E-state index in [2.05, 4.69) is 29.8 Å². The lowest BCUT2D eigenvalue weighted by molar-refractivity contribution is -0.136. The Morgan fingerprint density at radius 1 is 0.909 bits per heavy atom. The fourth-order valence-corrected chi connectivity index (χ4v) is 5.49. The van der Waals surface area contributed by atoms with Gasteiger partial charge in [-0.05, 0) is 53.8 Å². The molecule has 0 saturated carbocycles. The molecule has 1 unspecified atom stereocenters. The number of hydrogen-bond acceptors (Lipinski definition) is 4. The first-order valence-corrected chi connectivity index (χ1v) is 11.9. The lowest BCUT2D eigenvalue weighted by Crippen LogP contribution is -2.41. The number of allylic oxidation sites excluding steroid dienone is 2. The Bertz CT molecular complexity index is 1280. The van der Waals surface area contributed by atoms with E-state index in [1.807, 2.05) is 41.3 Å². The number of amides is 2. The Balaban J connectivity index is 1.83. The smallest absolute Gasteiger partial charge is 0.277 e. The van der Waals surface area contributed by atoms with Crippen molar-refractivity contribution in [3.63, 3.8) is 0 Å². The summed E-state index contributed by atoms with van der Waals surface area (Å²) >= 11 is 9.59. The first-order chi connectivity index (χ1) is 15.6. The number of benzene rings is 2. The molecule has 0 radical (unpaired) electrons. The first-order valence-electron chi connectivity index (χ1n) is 10.7.